The van der Waals surface area contributed by atoms with Crippen molar-refractivity contribution in [3.63, 3.8) is 0 Å². The summed E-state index contributed by atoms with van der Waals surface area (Å²) in [6.45, 7) is 7.12. The molecule has 1 fully saturated rings. The molecule has 0 saturated heterocycles. The molecule has 1 aliphatic rings. The molecular formula is C14H21N5O. The van der Waals surface area contributed by atoms with Crippen molar-refractivity contribution in [3.8, 4) is 0 Å². The minimum absolute atomic E-state index is 0.0525. The van der Waals surface area contributed by atoms with E-state index >= 15 is 0 Å². The fraction of sp³-hybridized carbons (Fsp3) is 0.643. The van der Waals surface area contributed by atoms with E-state index in [9.17, 15) is 0 Å². The van der Waals surface area contributed by atoms with Crippen LogP contribution < -0.4 is 4.90 Å². The molecule has 20 heavy (non-hydrogen) atoms. The summed E-state index contributed by atoms with van der Waals surface area (Å²) < 4.78 is 5.69. The highest BCUT2D eigenvalue weighted by atomic mass is 16.4. The SMILES string of the molecule is CN(Cc1cc(C(C)(C)C)n[nH]1)c1nnc(C2CC2)o1. The summed E-state index contributed by atoms with van der Waals surface area (Å²) in [7, 11) is 1.95. The molecule has 2 heterocycles. The lowest BCUT2D eigenvalue weighted by molar-refractivity contribution is 0.490. The van der Waals surface area contributed by atoms with Gasteiger partial charge in [0.05, 0.1) is 17.9 Å². The van der Waals surface area contributed by atoms with E-state index in [1.807, 2.05) is 11.9 Å². The molecule has 0 aliphatic heterocycles. The second-order valence-corrected chi connectivity index (χ2v) is 6.58. The van der Waals surface area contributed by atoms with Gasteiger partial charge in [0.15, 0.2) is 0 Å². The molecule has 0 aromatic carbocycles. The monoisotopic (exact) mass is 275 g/mol. The van der Waals surface area contributed by atoms with Gasteiger partial charge < -0.3 is 9.32 Å². The van der Waals surface area contributed by atoms with Crippen LogP contribution in [0.4, 0.5) is 6.01 Å². The Balaban J connectivity index is 1.68. The zero-order valence-electron chi connectivity index (χ0n) is 12.5. The van der Waals surface area contributed by atoms with Gasteiger partial charge in [-0.1, -0.05) is 25.9 Å². The standard InChI is InChI=1S/C14H21N5O/c1-14(2,3)11-7-10(15-16-11)8-19(4)13-18-17-12(20-13)9-5-6-9/h7,9H,5-6,8H2,1-4H3,(H,15,16). The first-order chi connectivity index (χ1) is 9.43. The Morgan fingerprint density at radius 1 is 1.35 bits per heavy atom. The largest absolute Gasteiger partial charge is 0.408 e. The van der Waals surface area contributed by atoms with E-state index in [1.54, 1.807) is 0 Å². The van der Waals surface area contributed by atoms with Crippen LogP contribution in [0.2, 0.25) is 0 Å². The van der Waals surface area contributed by atoms with Crippen LogP contribution in [0.5, 0.6) is 0 Å². The summed E-state index contributed by atoms with van der Waals surface area (Å²) in [5.41, 5.74) is 2.16. The first-order valence-corrected chi connectivity index (χ1v) is 7.03. The highest BCUT2D eigenvalue weighted by Crippen LogP contribution is 2.39. The summed E-state index contributed by atoms with van der Waals surface area (Å²) >= 11 is 0. The highest BCUT2D eigenvalue weighted by molar-refractivity contribution is 5.26. The van der Waals surface area contributed by atoms with Gasteiger partial charge in [0.2, 0.25) is 5.89 Å². The summed E-state index contributed by atoms with van der Waals surface area (Å²) in [5.74, 6) is 1.26. The molecule has 2 aromatic heterocycles. The van der Waals surface area contributed by atoms with Crippen molar-refractivity contribution >= 4 is 6.01 Å². The molecule has 0 radical (unpaired) electrons. The van der Waals surface area contributed by atoms with Crippen LogP contribution in [-0.2, 0) is 12.0 Å². The molecule has 3 rings (SSSR count). The molecule has 0 amide bonds. The fourth-order valence-corrected chi connectivity index (χ4v) is 2.03. The van der Waals surface area contributed by atoms with Gasteiger partial charge in [-0.2, -0.15) is 5.10 Å². The molecule has 2 aromatic rings. The minimum Gasteiger partial charge on any atom is -0.408 e. The van der Waals surface area contributed by atoms with Crippen LogP contribution in [0.25, 0.3) is 0 Å². The van der Waals surface area contributed by atoms with Crippen LogP contribution in [0.15, 0.2) is 10.5 Å². The van der Waals surface area contributed by atoms with Crippen LogP contribution >= 0.6 is 0 Å². The molecule has 0 bridgehead atoms. The van der Waals surface area contributed by atoms with E-state index in [0.29, 0.717) is 18.5 Å². The first kappa shape index (κ1) is 13.1. The third-order valence-electron chi connectivity index (χ3n) is 3.49. The van der Waals surface area contributed by atoms with Gasteiger partial charge in [-0.15, -0.1) is 5.10 Å². The Bertz CT molecular complexity index is 591. The number of rotatable bonds is 4. The van der Waals surface area contributed by atoms with Gasteiger partial charge in [0, 0.05) is 18.4 Å². The van der Waals surface area contributed by atoms with Crippen molar-refractivity contribution in [1.82, 2.24) is 20.4 Å². The molecular weight excluding hydrogens is 254 g/mol. The van der Waals surface area contributed by atoms with E-state index in [4.69, 9.17) is 4.42 Å². The van der Waals surface area contributed by atoms with Crippen molar-refractivity contribution in [3.05, 3.63) is 23.3 Å². The lowest BCUT2D eigenvalue weighted by Crippen LogP contribution is -2.17. The predicted molar refractivity (Wildman–Crippen MR) is 75.7 cm³/mol. The molecule has 0 atom stereocenters. The molecule has 6 nitrogen and oxygen atoms in total. The van der Waals surface area contributed by atoms with E-state index in [0.717, 1.165) is 17.3 Å². The van der Waals surface area contributed by atoms with Gasteiger partial charge in [0.1, 0.15) is 0 Å². The number of H-pyrrole nitrogens is 1. The average Bonchev–Trinajstić information content (AvgIpc) is 2.91. The summed E-state index contributed by atoms with van der Waals surface area (Å²) in [4.78, 5) is 1.94. The van der Waals surface area contributed by atoms with Crippen molar-refractivity contribution in [2.24, 2.45) is 0 Å². The Labute approximate surface area is 118 Å². The number of aromatic nitrogens is 4. The maximum Gasteiger partial charge on any atom is 0.318 e. The van der Waals surface area contributed by atoms with Gasteiger partial charge in [0.25, 0.3) is 0 Å². The van der Waals surface area contributed by atoms with Crippen molar-refractivity contribution < 1.29 is 4.42 Å². The number of nitrogens with one attached hydrogen (secondary N) is 1. The lowest BCUT2D eigenvalue weighted by atomic mass is 9.92. The predicted octanol–water partition coefficient (Wildman–Crippen LogP) is 2.60. The molecule has 6 heteroatoms. The Morgan fingerprint density at radius 2 is 2.10 bits per heavy atom. The van der Waals surface area contributed by atoms with Crippen LogP contribution in [0.1, 0.15) is 56.8 Å². The highest BCUT2D eigenvalue weighted by Gasteiger charge is 2.30. The zero-order chi connectivity index (χ0) is 14.3. The smallest absolute Gasteiger partial charge is 0.318 e. The Hall–Kier alpha value is -1.85. The summed E-state index contributed by atoms with van der Waals surface area (Å²) in [6.07, 6.45) is 2.33. The number of anilines is 1. The zero-order valence-corrected chi connectivity index (χ0v) is 12.5. The molecule has 1 aliphatic carbocycles. The van der Waals surface area contributed by atoms with Crippen LogP contribution in [0, 0.1) is 0 Å². The third kappa shape index (κ3) is 2.69. The number of nitrogens with zero attached hydrogens (tertiary/aromatic N) is 4. The van der Waals surface area contributed by atoms with Crippen molar-refractivity contribution in [1.29, 1.82) is 0 Å². The third-order valence-corrected chi connectivity index (χ3v) is 3.49. The van der Waals surface area contributed by atoms with Crippen molar-refractivity contribution in [2.45, 2.75) is 51.5 Å². The van der Waals surface area contributed by atoms with Crippen LogP contribution in [0.3, 0.4) is 0 Å². The molecule has 1 saturated carbocycles. The quantitative estimate of drug-likeness (QED) is 0.928. The Kier molecular flexibility index (Phi) is 3.03. The Morgan fingerprint density at radius 3 is 2.70 bits per heavy atom. The maximum atomic E-state index is 5.69. The van der Waals surface area contributed by atoms with E-state index in [-0.39, 0.29) is 5.41 Å². The maximum absolute atomic E-state index is 5.69. The molecule has 108 valence electrons. The summed E-state index contributed by atoms with van der Waals surface area (Å²) in [5, 5.41) is 15.6. The van der Waals surface area contributed by atoms with Gasteiger partial charge in [-0.3, -0.25) is 5.10 Å². The first-order valence-electron chi connectivity index (χ1n) is 7.03. The topological polar surface area (TPSA) is 70.8 Å². The van der Waals surface area contributed by atoms with E-state index < -0.39 is 0 Å². The van der Waals surface area contributed by atoms with Crippen molar-refractivity contribution in [2.75, 3.05) is 11.9 Å². The summed E-state index contributed by atoms with van der Waals surface area (Å²) in [6, 6.07) is 2.66. The minimum atomic E-state index is 0.0525. The van der Waals surface area contributed by atoms with Gasteiger partial charge >= 0.3 is 6.01 Å². The average molecular weight is 275 g/mol. The molecule has 0 unspecified atom stereocenters. The number of hydrogen-bond acceptors (Lipinski definition) is 5. The molecule has 0 spiro atoms. The van der Waals surface area contributed by atoms with Gasteiger partial charge in [-0.25, -0.2) is 0 Å². The second-order valence-electron chi connectivity index (χ2n) is 6.58. The number of aromatic amines is 1. The number of hydrogen-bond donors (Lipinski definition) is 1. The van der Waals surface area contributed by atoms with Crippen LogP contribution in [-0.4, -0.2) is 27.4 Å². The normalized spacial score (nSPS) is 15.6. The van der Waals surface area contributed by atoms with E-state index in [2.05, 4.69) is 47.2 Å². The van der Waals surface area contributed by atoms with Gasteiger partial charge in [-0.05, 0) is 18.9 Å². The molecule has 1 N–H and O–H groups in total. The fourth-order valence-electron chi connectivity index (χ4n) is 2.03. The van der Waals surface area contributed by atoms with E-state index in [1.165, 1.54) is 12.8 Å². The second kappa shape index (κ2) is 4.61. The lowest BCUT2D eigenvalue weighted by Gasteiger charge is -2.14.